The molecule has 5 nitrogen and oxygen atoms in total. The highest BCUT2D eigenvalue weighted by Crippen LogP contribution is 2.26. The molecular weight excluding hydrogens is 350 g/mol. The number of carbonyl (C=O) groups is 2. The van der Waals surface area contributed by atoms with E-state index in [1.807, 2.05) is 32.0 Å². The SMILES string of the molecule is CC(C)NC(=O)c1ccc(NC(=O)c2cccc3c2CCCN3)cc1.Cl. The number of hydrogen-bond donors (Lipinski definition) is 3. The molecule has 3 N–H and O–H groups in total. The Morgan fingerprint density at radius 1 is 1.04 bits per heavy atom. The van der Waals surface area contributed by atoms with Crippen molar-refractivity contribution in [3.8, 4) is 0 Å². The van der Waals surface area contributed by atoms with E-state index in [-0.39, 0.29) is 30.3 Å². The third kappa shape index (κ3) is 4.55. The summed E-state index contributed by atoms with van der Waals surface area (Å²) in [5.41, 5.74) is 4.06. The molecule has 3 rings (SSSR count). The van der Waals surface area contributed by atoms with Crippen molar-refractivity contribution < 1.29 is 9.59 Å². The topological polar surface area (TPSA) is 70.2 Å². The second-order valence-electron chi connectivity index (χ2n) is 6.52. The van der Waals surface area contributed by atoms with Crippen molar-refractivity contribution in [3.63, 3.8) is 0 Å². The highest BCUT2D eigenvalue weighted by molar-refractivity contribution is 6.06. The molecule has 2 amide bonds. The summed E-state index contributed by atoms with van der Waals surface area (Å²) >= 11 is 0. The Morgan fingerprint density at radius 3 is 2.46 bits per heavy atom. The largest absolute Gasteiger partial charge is 0.385 e. The monoisotopic (exact) mass is 373 g/mol. The molecule has 1 aliphatic heterocycles. The van der Waals surface area contributed by atoms with Crippen LogP contribution in [-0.2, 0) is 6.42 Å². The Labute approximate surface area is 160 Å². The molecule has 0 unspecified atom stereocenters. The number of hydrogen-bond acceptors (Lipinski definition) is 3. The third-order valence-corrected chi connectivity index (χ3v) is 4.16. The van der Waals surface area contributed by atoms with Crippen molar-refractivity contribution >= 4 is 35.6 Å². The Balaban J connectivity index is 0.00000243. The Bertz CT molecular complexity index is 788. The van der Waals surface area contributed by atoms with Gasteiger partial charge in [-0.2, -0.15) is 0 Å². The van der Waals surface area contributed by atoms with Crippen LogP contribution in [0.3, 0.4) is 0 Å². The van der Waals surface area contributed by atoms with Gasteiger partial charge in [0.05, 0.1) is 0 Å². The lowest BCUT2D eigenvalue weighted by atomic mass is 9.97. The molecule has 2 aromatic carbocycles. The standard InChI is InChI=1S/C20H23N3O2.ClH/c1-13(2)22-19(24)14-8-10-15(11-9-14)23-20(25)17-5-3-7-18-16(17)6-4-12-21-18;/h3,5,7-11,13,21H,4,6,12H2,1-2H3,(H,22,24)(H,23,25);1H. The lowest BCUT2D eigenvalue weighted by Crippen LogP contribution is -2.30. The smallest absolute Gasteiger partial charge is 0.256 e. The summed E-state index contributed by atoms with van der Waals surface area (Å²) in [4.78, 5) is 24.6. The first kappa shape index (κ1) is 19.8. The van der Waals surface area contributed by atoms with Crippen LogP contribution in [0.15, 0.2) is 42.5 Å². The predicted molar refractivity (Wildman–Crippen MR) is 107 cm³/mol. The van der Waals surface area contributed by atoms with Crippen molar-refractivity contribution in [2.24, 2.45) is 0 Å². The number of amides is 2. The molecule has 0 aliphatic carbocycles. The maximum absolute atomic E-state index is 12.6. The van der Waals surface area contributed by atoms with Crippen LogP contribution in [-0.4, -0.2) is 24.4 Å². The van der Waals surface area contributed by atoms with Gasteiger partial charge in [0, 0.05) is 35.1 Å². The first-order chi connectivity index (χ1) is 12.0. The molecule has 0 fully saturated rings. The normalized spacial score (nSPS) is 12.4. The molecule has 0 saturated heterocycles. The second kappa shape index (κ2) is 8.72. The van der Waals surface area contributed by atoms with Crippen LogP contribution in [0.2, 0.25) is 0 Å². The van der Waals surface area contributed by atoms with Crippen LogP contribution >= 0.6 is 12.4 Å². The Kier molecular flexibility index (Phi) is 6.64. The first-order valence-corrected chi connectivity index (χ1v) is 8.62. The number of carbonyl (C=O) groups excluding carboxylic acids is 2. The number of rotatable bonds is 4. The maximum Gasteiger partial charge on any atom is 0.256 e. The van der Waals surface area contributed by atoms with E-state index in [9.17, 15) is 9.59 Å². The van der Waals surface area contributed by atoms with Crippen molar-refractivity contribution in [2.45, 2.75) is 32.7 Å². The zero-order valence-electron chi connectivity index (χ0n) is 15.0. The fraction of sp³-hybridized carbons (Fsp3) is 0.300. The highest BCUT2D eigenvalue weighted by atomic mass is 35.5. The second-order valence-corrected chi connectivity index (χ2v) is 6.52. The molecule has 6 heteroatoms. The maximum atomic E-state index is 12.6. The summed E-state index contributed by atoms with van der Waals surface area (Å²) < 4.78 is 0. The first-order valence-electron chi connectivity index (χ1n) is 8.62. The molecule has 0 aromatic heterocycles. The minimum atomic E-state index is -0.125. The quantitative estimate of drug-likeness (QED) is 0.762. The summed E-state index contributed by atoms with van der Waals surface area (Å²) in [5, 5.41) is 9.10. The average molecular weight is 374 g/mol. The third-order valence-electron chi connectivity index (χ3n) is 4.16. The van der Waals surface area contributed by atoms with Crippen molar-refractivity contribution in [1.82, 2.24) is 5.32 Å². The molecule has 138 valence electrons. The Morgan fingerprint density at radius 2 is 1.77 bits per heavy atom. The lowest BCUT2D eigenvalue weighted by Gasteiger charge is -2.20. The van der Waals surface area contributed by atoms with Gasteiger partial charge in [0.25, 0.3) is 11.8 Å². The van der Waals surface area contributed by atoms with E-state index in [0.29, 0.717) is 16.8 Å². The van der Waals surface area contributed by atoms with Gasteiger partial charge < -0.3 is 16.0 Å². The summed E-state index contributed by atoms with van der Waals surface area (Å²) in [6.45, 7) is 4.78. The molecule has 0 bridgehead atoms. The predicted octanol–water partition coefficient (Wildman–Crippen LogP) is 3.86. The van der Waals surface area contributed by atoms with Gasteiger partial charge in [-0.05, 0) is 68.7 Å². The van der Waals surface area contributed by atoms with Crippen molar-refractivity contribution in [1.29, 1.82) is 0 Å². The van der Waals surface area contributed by atoms with E-state index >= 15 is 0 Å². The molecule has 0 spiro atoms. The summed E-state index contributed by atoms with van der Waals surface area (Å²) in [6.07, 6.45) is 1.93. The van der Waals surface area contributed by atoms with Crippen LogP contribution in [0, 0.1) is 0 Å². The summed E-state index contributed by atoms with van der Waals surface area (Å²) in [6, 6.07) is 12.8. The molecule has 1 heterocycles. The van der Waals surface area contributed by atoms with Gasteiger partial charge in [-0.3, -0.25) is 9.59 Å². The van der Waals surface area contributed by atoms with Crippen LogP contribution in [0.25, 0.3) is 0 Å². The van der Waals surface area contributed by atoms with Crippen LogP contribution < -0.4 is 16.0 Å². The van der Waals surface area contributed by atoms with Gasteiger partial charge in [0.2, 0.25) is 0 Å². The molecular formula is C20H24ClN3O2. The molecule has 2 aromatic rings. The number of fused-ring (bicyclic) bond motifs is 1. The lowest BCUT2D eigenvalue weighted by molar-refractivity contribution is 0.0942. The summed E-state index contributed by atoms with van der Waals surface area (Å²) in [7, 11) is 0. The molecule has 0 radical (unpaired) electrons. The zero-order valence-corrected chi connectivity index (χ0v) is 15.8. The van der Waals surface area contributed by atoms with Crippen LogP contribution in [0.5, 0.6) is 0 Å². The minimum absolute atomic E-state index is 0. The van der Waals surface area contributed by atoms with Crippen molar-refractivity contribution in [2.75, 3.05) is 17.2 Å². The Hall–Kier alpha value is -2.53. The number of nitrogens with one attached hydrogen (secondary N) is 3. The van der Waals surface area contributed by atoms with E-state index in [1.54, 1.807) is 24.3 Å². The fourth-order valence-corrected chi connectivity index (χ4v) is 2.97. The van der Waals surface area contributed by atoms with E-state index in [2.05, 4.69) is 16.0 Å². The highest BCUT2D eigenvalue weighted by Gasteiger charge is 2.17. The number of anilines is 2. The molecule has 26 heavy (non-hydrogen) atoms. The van der Waals surface area contributed by atoms with Crippen LogP contribution in [0.4, 0.5) is 11.4 Å². The average Bonchev–Trinajstić information content (AvgIpc) is 2.61. The minimum Gasteiger partial charge on any atom is -0.385 e. The van der Waals surface area contributed by atoms with Gasteiger partial charge in [-0.25, -0.2) is 0 Å². The summed E-state index contributed by atoms with van der Waals surface area (Å²) in [5.74, 6) is -0.240. The van der Waals surface area contributed by atoms with Gasteiger partial charge in [-0.1, -0.05) is 6.07 Å². The van der Waals surface area contributed by atoms with E-state index < -0.39 is 0 Å². The van der Waals surface area contributed by atoms with Crippen LogP contribution in [0.1, 0.15) is 46.5 Å². The zero-order chi connectivity index (χ0) is 17.8. The molecule has 0 atom stereocenters. The molecule has 0 saturated carbocycles. The number of benzene rings is 2. The van der Waals surface area contributed by atoms with Gasteiger partial charge >= 0.3 is 0 Å². The van der Waals surface area contributed by atoms with Crippen molar-refractivity contribution in [3.05, 3.63) is 59.2 Å². The van der Waals surface area contributed by atoms with Gasteiger partial charge in [0.15, 0.2) is 0 Å². The van der Waals surface area contributed by atoms with Gasteiger partial charge in [-0.15, -0.1) is 12.4 Å². The number of halogens is 1. The van der Waals surface area contributed by atoms with E-state index in [4.69, 9.17) is 0 Å². The van der Waals surface area contributed by atoms with E-state index in [1.165, 1.54) is 0 Å². The molecule has 1 aliphatic rings. The van der Waals surface area contributed by atoms with E-state index in [0.717, 1.165) is 30.6 Å². The van der Waals surface area contributed by atoms with Gasteiger partial charge in [0.1, 0.15) is 0 Å². The fourth-order valence-electron chi connectivity index (χ4n) is 2.97.